The molecule has 24 heavy (non-hydrogen) atoms. The van der Waals surface area contributed by atoms with Gasteiger partial charge in [-0.15, -0.1) is 0 Å². The van der Waals surface area contributed by atoms with Crippen molar-refractivity contribution in [2.75, 3.05) is 26.4 Å². The monoisotopic (exact) mass is 344 g/mol. The molecular formula is C15H24N2O7. The highest BCUT2D eigenvalue weighted by Gasteiger charge is 2.38. The quantitative estimate of drug-likeness (QED) is 0.519. The second kappa shape index (κ2) is 9.86. The zero-order chi connectivity index (χ0) is 18.1. The minimum Gasteiger partial charge on any atom is -0.466 e. The average molecular weight is 344 g/mol. The summed E-state index contributed by atoms with van der Waals surface area (Å²) >= 11 is 0. The number of hydrogen-bond donors (Lipinski definition) is 2. The van der Waals surface area contributed by atoms with Gasteiger partial charge < -0.3 is 25.3 Å². The Bertz CT molecular complexity index is 474. The lowest BCUT2D eigenvalue weighted by Gasteiger charge is -2.24. The Labute approximate surface area is 140 Å². The standard InChI is InChI=1S/C15H24N2O7/c1-3-23-11(18)7-10(15(21)24-4-2)12(13(16)19)17-14(20)9-5-6-22-8-9/h9-10,12H,3-8H2,1-2H3,(H2,16,19)(H,17,20)/t9-,10+,12+/m1/s1. The Morgan fingerprint density at radius 3 is 2.38 bits per heavy atom. The molecular weight excluding hydrogens is 320 g/mol. The molecule has 1 fully saturated rings. The van der Waals surface area contributed by atoms with E-state index in [1.54, 1.807) is 13.8 Å². The Morgan fingerprint density at radius 1 is 1.21 bits per heavy atom. The van der Waals surface area contributed by atoms with Crippen molar-refractivity contribution in [2.24, 2.45) is 17.6 Å². The molecule has 1 aliphatic rings. The highest BCUT2D eigenvalue weighted by atomic mass is 16.5. The molecule has 0 saturated carbocycles. The molecule has 3 N–H and O–H groups in total. The molecule has 1 saturated heterocycles. The van der Waals surface area contributed by atoms with Crippen LogP contribution in [-0.4, -0.2) is 56.2 Å². The fraction of sp³-hybridized carbons (Fsp3) is 0.733. The topological polar surface area (TPSA) is 134 Å². The maximum Gasteiger partial charge on any atom is 0.312 e. The Morgan fingerprint density at radius 2 is 1.88 bits per heavy atom. The number of hydrogen-bond acceptors (Lipinski definition) is 7. The summed E-state index contributed by atoms with van der Waals surface area (Å²) in [5, 5.41) is 2.44. The van der Waals surface area contributed by atoms with Crippen molar-refractivity contribution in [3.05, 3.63) is 0 Å². The first-order valence-corrected chi connectivity index (χ1v) is 7.90. The third-order valence-corrected chi connectivity index (χ3v) is 3.59. The minimum absolute atomic E-state index is 0.0635. The van der Waals surface area contributed by atoms with Crippen LogP contribution >= 0.6 is 0 Å². The molecule has 0 aromatic carbocycles. The number of rotatable bonds is 9. The van der Waals surface area contributed by atoms with Gasteiger partial charge in [-0.1, -0.05) is 0 Å². The van der Waals surface area contributed by atoms with Gasteiger partial charge in [-0.05, 0) is 20.3 Å². The maximum absolute atomic E-state index is 12.2. The maximum atomic E-state index is 12.2. The van der Waals surface area contributed by atoms with Crippen molar-refractivity contribution in [2.45, 2.75) is 32.7 Å². The molecule has 1 rings (SSSR count). The van der Waals surface area contributed by atoms with Gasteiger partial charge in [-0.2, -0.15) is 0 Å². The molecule has 0 spiro atoms. The minimum atomic E-state index is -1.36. The van der Waals surface area contributed by atoms with Crippen LogP contribution in [0.15, 0.2) is 0 Å². The van der Waals surface area contributed by atoms with Crippen molar-refractivity contribution >= 4 is 23.8 Å². The predicted octanol–water partition coefficient (Wildman–Crippen LogP) is -0.874. The van der Waals surface area contributed by atoms with E-state index < -0.39 is 48.1 Å². The van der Waals surface area contributed by atoms with E-state index in [0.717, 1.165) is 0 Å². The summed E-state index contributed by atoms with van der Waals surface area (Å²) in [6, 6.07) is -1.36. The van der Waals surface area contributed by atoms with Crippen molar-refractivity contribution in [3.63, 3.8) is 0 Å². The Kier molecular flexibility index (Phi) is 8.17. The van der Waals surface area contributed by atoms with Gasteiger partial charge in [-0.3, -0.25) is 19.2 Å². The molecule has 9 heteroatoms. The molecule has 9 nitrogen and oxygen atoms in total. The van der Waals surface area contributed by atoms with E-state index in [4.69, 9.17) is 19.9 Å². The first-order chi connectivity index (χ1) is 11.4. The summed E-state index contributed by atoms with van der Waals surface area (Å²) in [4.78, 5) is 47.8. The SMILES string of the molecule is CCOC(=O)C[C@H](C(=O)OCC)[C@H](NC(=O)[C@@H]1CCOC1)C(N)=O. The van der Waals surface area contributed by atoms with E-state index >= 15 is 0 Å². The summed E-state index contributed by atoms with van der Waals surface area (Å²) in [5.74, 6) is -4.51. The fourth-order valence-electron chi connectivity index (χ4n) is 2.37. The first-order valence-electron chi connectivity index (χ1n) is 7.90. The van der Waals surface area contributed by atoms with Crippen LogP contribution in [0.1, 0.15) is 26.7 Å². The molecule has 0 radical (unpaired) electrons. The van der Waals surface area contributed by atoms with E-state index in [9.17, 15) is 19.2 Å². The molecule has 136 valence electrons. The normalized spacial score (nSPS) is 19.2. The number of primary amides is 1. The van der Waals surface area contributed by atoms with Gasteiger partial charge in [0.15, 0.2) is 0 Å². The van der Waals surface area contributed by atoms with Crippen LogP contribution in [0, 0.1) is 11.8 Å². The van der Waals surface area contributed by atoms with Crippen molar-refractivity contribution in [3.8, 4) is 0 Å². The predicted molar refractivity (Wildman–Crippen MR) is 81.4 cm³/mol. The van der Waals surface area contributed by atoms with Crippen LogP contribution in [0.5, 0.6) is 0 Å². The summed E-state index contributed by atoms with van der Waals surface area (Å²) < 4.78 is 14.8. The number of ether oxygens (including phenoxy) is 3. The van der Waals surface area contributed by atoms with E-state index in [2.05, 4.69) is 5.32 Å². The average Bonchev–Trinajstić information content (AvgIpc) is 3.05. The number of nitrogens with two attached hydrogens (primary N) is 1. The zero-order valence-corrected chi connectivity index (χ0v) is 13.9. The van der Waals surface area contributed by atoms with Gasteiger partial charge in [-0.25, -0.2) is 0 Å². The first kappa shape index (κ1) is 19.9. The molecule has 1 heterocycles. The highest BCUT2D eigenvalue weighted by molar-refractivity contribution is 5.93. The van der Waals surface area contributed by atoms with E-state index in [0.29, 0.717) is 13.0 Å². The smallest absolute Gasteiger partial charge is 0.312 e. The molecule has 0 unspecified atom stereocenters. The third kappa shape index (κ3) is 5.80. The second-order valence-corrected chi connectivity index (χ2v) is 5.32. The molecule has 2 amide bonds. The van der Waals surface area contributed by atoms with Gasteiger partial charge in [0.2, 0.25) is 11.8 Å². The van der Waals surface area contributed by atoms with Crippen molar-refractivity contribution < 1.29 is 33.4 Å². The molecule has 0 aliphatic carbocycles. The lowest BCUT2D eigenvalue weighted by Crippen LogP contribution is -2.53. The molecule has 3 atom stereocenters. The number of carbonyl (C=O) groups is 4. The summed E-state index contributed by atoms with van der Waals surface area (Å²) in [7, 11) is 0. The van der Waals surface area contributed by atoms with Crippen LogP contribution in [-0.2, 0) is 33.4 Å². The van der Waals surface area contributed by atoms with E-state index in [1.807, 2.05) is 0 Å². The van der Waals surface area contributed by atoms with Crippen LogP contribution in [0.2, 0.25) is 0 Å². The van der Waals surface area contributed by atoms with E-state index in [1.165, 1.54) is 0 Å². The highest BCUT2D eigenvalue weighted by Crippen LogP contribution is 2.17. The Hall–Kier alpha value is -2.16. The zero-order valence-electron chi connectivity index (χ0n) is 13.9. The van der Waals surface area contributed by atoms with E-state index in [-0.39, 0.29) is 19.8 Å². The number of amides is 2. The fourth-order valence-corrected chi connectivity index (χ4v) is 2.37. The summed E-state index contributed by atoms with van der Waals surface area (Å²) in [6.45, 7) is 4.08. The van der Waals surface area contributed by atoms with Gasteiger partial charge in [0.25, 0.3) is 0 Å². The second-order valence-electron chi connectivity index (χ2n) is 5.32. The Balaban J connectivity index is 2.89. The largest absolute Gasteiger partial charge is 0.466 e. The number of esters is 2. The number of carbonyl (C=O) groups excluding carboxylic acids is 4. The summed E-state index contributed by atoms with van der Waals surface area (Å²) in [5.41, 5.74) is 5.32. The lowest BCUT2D eigenvalue weighted by molar-refractivity contribution is -0.157. The van der Waals surface area contributed by atoms with Crippen LogP contribution in [0.4, 0.5) is 0 Å². The van der Waals surface area contributed by atoms with Crippen molar-refractivity contribution in [1.82, 2.24) is 5.32 Å². The number of nitrogens with one attached hydrogen (secondary N) is 1. The van der Waals surface area contributed by atoms with Gasteiger partial charge in [0.1, 0.15) is 6.04 Å². The molecule has 0 aromatic heterocycles. The van der Waals surface area contributed by atoms with Gasteiger partial charge in [0.05, 0.1) is 38.1 Å². The van der Waals surface area contributed by atoms with Crippen LogP contribution in [0.25, 0.3) is 0 Å². The van der Waals surface area contributed by atoms with Crippen LogP contribution in [0.3, 0.4) is 0 Å². The third-order valence-electron chi connectivity index (χ3n) is 3.59. The molecule has 0 aromatic rings. The summed E-state index contributed by atoms with van der Waals surface area (Å²) in [6.07, 6.45) is 0.0982. The molecule has 0 bridgehead atoms. The van der Waals surface area contributed by atoms with Crippen molar-refractivity contribution in [1.29, 1.82) is 0 Å². The van der Waals surface area contributed by atoms with Gasteiger partial charge in [0, 0.05) is 6.61 Å². The van der Waals surface area contributed by atoms with Crippen LogP contribution < -0.4 is 11.1 Å². The molecule has 1 aliphatic heterocycles. The lowest BCUT2D eigenvalue weighted by atomic mass is 9.94. The van der Waals surface area contributed by atoms with Gasteiger partial charge >= 0.3 is 11.9 Å².